The van der Waals surface area contributed by atoms with E-state index in [-0.39, 0.29) is 11.6 Å². The second-order valence-electron chi connectivity index (χ2n) is 7.14. The monoisotopic (exact) mass is 385 g/mol. The Bertz CT molecular complexity index is 983. The smallest absolute Gasteiger partial charge is 0.195 e. The van der Waals surface area contributed by atoms with Crippen molar-refractivity contribution in [2.45, 2.75) is 31.8 Å². The van der Waals surface area contributed by atoms with Gasteiger partial charge in [0, 0.05) is 41.5 Å². The molecule has 1 atom stereocenters. The third-order valence-electron chi connectivity index (χ3n) is 5.47. The maximum absolute atomic E-state index is 13.2. The van der Waals surface area contributed by atoms with Gasteiger partial charge in [-0.2, -0.15) is 0 Å². The maximum atomic E-state index is 13.2. The number of rotatable bonds is 5. The molecular formula is C21H21ClFN3O. The second-order valence-corrected chi connectivity index (χ2v) is 7.49. The molecule has 2 aromatic heterocycles. The molecule has 1 aliphatic heterocycles. The van der Waals surface area contributed by atoms with Gasteiger partial charge in [-0.25, -0.2) is 9.37 Å². The minimum atomic E-state index is -0.359. The lowest BCUT2D eigenvalue weighted by Gasteiger charge is -2.19. The van der Waals surface area contributed by atoms with Crippen LogP contribution in [0.4, 0.5) is 4.39 Å². The van der Waals surface area contributed by atoms with Crippen molar-refractivity contribution in [3.8, 4) is 0 Å². The first-order chi connectivity index (χ1) is 13.0. The topological polar surface area (TPSA) is 38.1 Å². The number of fused-ring (bicyclic) bond motifs is 1. The van der Waals surface area contributed by atoms with E-state index in [0.717, 1.165) is 30.4 Å². The van der Waals surface area contributed by atoms with Gasteiger partial charge in [0.25, 0.3) is 0 Å². The zero-order valence-corrected chi connectivity index (χ0v) is 15.9. The fraction of sp³-hybridized carbons (Fsp3) is 0.333. The molecule has 0 amide bonds. The zero-order valence-electron chi connectivity index (χ0n) is 15.2. The number of carbonyl (C=O) groups excluding carboxylic acids is 1. The van der Waals surface area contributed by atoms with Gasteiger partial charge in [0.15, 0.2) is 10.9 Å². The summed E-state index contributed by atoms with van der Waals surface area (Å²) >= 11 is 6.37. The number of hydrogen-bond acceptors (Lipinski definition) is 3. The van der Waals surface area contributed by atoms with Gasteiger partial charge < -0.3 is 9.47 Å². The van der Waals surface area contributed by atoms with E-state index in [9.17, 15) is 9.18 Å². The first-order valence-corrected chi connectivity index (χ1v) is 9.56. The fourth-order valence-electron chi connectivity index (χ4n) is 3.96. The molecular weight excluding hydrogens is 365 g/mol. The molecule has 6 heteroatoms. The molecule has 3 heterocycles. The van der Waals surface area contributed by atoms with Gasteiger partial charge in [0.1, 0.15) is 5.82 Å². The Morgan fingerprint density at radius 2 is 2.07 bits per heavy atom. The Balaban J connectivity index is 1.70. The Morgan fingerprint density at radius 3 is 2.78 bits per heavy atom. The maximum Gasteiger partial charge on any atom is 0.195 e. The number of halogens is 2. The fourth-order valence-corrected chi connectivity index (χ4v) is 4.22. The Labute approximate surface area is 162 Å². The zero-order chi connectivity index (χ0) is 19.0. The third kappa shape index (κ3) is 3.49. The molecule has 1 aliphatic rings. The Morgan fingerprint density at radius 1 is 1.30 bits per heavy atom. The van der Waals surface area contributed by atoms with Gasteiger partial charge in [-0.05, 0) is 63.2 Å². The number of nitrogens with zero attached hydrogens (tertiary/aromatic N) is 3. The van der Waals surface area contributed by atoms with E-state index in [2.05, 4.69) is 16.9 Å². The van der Waals surface area contributed by atoms with Crippen molar-refractivity contribution >= 4 is 28.3 Å². The molecule has 0 aliphatic carbocycles. The third-order valence-corrected chi connectivity index (χ3v) is 5.74. The van der Waals surface area contributed by atoms with E-state index in [1.165, 1.54) is 37.1 Å². The standard InChI is InChI=1S/C21H21ClFN3O/c1-25-11-2-3-16(25)9-12-26-13-18(17-8-10-24-21(22)19(17)26)20(27)14-4-6-15(23)7-5-14/h4-8,10,13,16H,2-3,9,11-12H2,1H3. The quantitative estimate of drug-likeness (QED) is 0.478. The average molecular weight is 386 g/mol. The summed E-state index contributed by atoms with van der Waals surface area (Å²) in [5, 5.41) is 1.18. The largest absolute Gasteiger partial charge is 0.344 e. The lowest BCUT2D eigenvalue weighted by atomic mass is 10.0. The number of aryl methyl sites for hydroxylation is 1. The van der Waals surface area contributed by atoms with Crippen molar-refractivity contribution in [2.24, 2.45) is 0 Å². The summed E-state index contributed by atoms with van der Waals surface area (Å²) < 4.78 is 15.2. The van der Waals surface area contributed by atoms with E-state index in [4.69, 9.17) is 11.6 Å². The molecule has 140 valence electrons. The number of carbonyl (C=O) groups is 1. The lowest BCUT2D eigenvalue weighted by molar-refractivity contribution is 0.104. The average Bonchev–Trinajstić information content (AvgIpc) is 3.24. The second kappa shape index (κ2) is 7.41. The Kier molecular flexibility index (Phi) is 4.98. The van der Waals surface area contributed by atoms with E-state index in [1.54, 1.807) is 6.20 Å². The van der Waals surface area contributed by atoms with Crippen molar-refractivity contribution in [3.63, 3.8) is 0 Å². The van der Waals surface area contributed by atoms with Crippen LogP contribution in [0.25, 0.3) is 10.9 Å². The summed E-state index contributed by atoms with van der Waals surface area (Å²) in [5.74, 6) is -0.499. The van der Waals surface area contributed by atoms with Crippen LogP contribution in [0.3, 0.4) is 0 Å². The van der Waals surface area contributed by atoms with Gasteiger partial charge in [0.05, 0.1) is 5.52 Å². The molecule has 4 rings (SSSR count). The van der Waals surface area contributed by atoms with Gasteiger partial charge in [-0.3, -0.25) is 4.79 Å². The number of ketones is 1. The van der Waals surface area contributed by atoms with Crippen LogP contribution in [0.5, 0.6) is 0 Å². The summed E-state index contributed by atoms with van der Waals surface area (Å²) in [7, 11) is 2.16. The molecule has 1 fully saturated rings. The summed E-state index contributed by atoms with van der Waals surface area (Å²) in [6.07, 6.45) is 6.89. The molecule has 3 aromatic rings. The highest BCUT2D eigenvalue weighted by Gasteiger charge is 2.23. The van der Waals surface area contributed by atoms with Crippen LogP contribution in [-0.2, 0) is 6.54 Å². The van der Waals surface area contributed by atoms with Crippen LogP contribution < -0.4 is 0 Å². The van der Waals surface area contributed by atoms with Crippen LogP contribution in [0.15, 0.2) is 42.7 Å². The number of benzene rings is 1. The van der Waals surface area contributed by atoms with Crippen molar-refractivity contribution in [1.82, 2.24) is 14.5 Å². The summed E-state index contributed by atoms with van der Waals surface area (Å²) in [4.78, 5) is 19.6. The van der Waals surface area contributed by atoms with Gasteiger partial charge in [-0.1, -0.05) is 11.6 Å². The number of likely N-dealkylation sites (tertiary alicyclic amines) is 1. The molecule has 0 spiro atoms. The minimum Gasteiger partial charge on any atom is -0.344 e. The normalized spacial score (nSPS) is 17.7. The van der Waals surface area contributed by atoms with E-state index < -0.39 is 0 Å². The van der Waals surface area contributed by atoms with Crippen molar-refractivity contribution in [3.05, 3.63) is 64.8 Å². The van der Waals surface area contributed by atoms with Crippen molar-refractivity contribution in [2.75, 3.05) is 13.6 Å². The summed E-state index contributed by atoms with van der Waals surface area (Å²) in [6.45, 7) is 1.90. The number of aromatic nitrogens is 2. The first kappa shape index (κ1) is 18.1. The first-order valence-electron chi connectivity index (χ1n) is 9.18. The van der Waals surface area contributed by atoms with Gasteiger partial charge in [-0.15, -0.1) is 0 Å². The number of pyridine rings is 1. The van der Waals surface area contributed by atoms with Crippen LogP contribution in [0.1, 0.15) is 35.2 Å². The van der Waals surface area contributed by atoms with E-state index >= 15 is 0 Å². The Hall–Kier alpha value is -2.24. The summed E-state index contributed by atoms with van der Waals surface area (Å²) in [5.41, 5.74) is 1.81. The number of hydrogen-bond donors (Lipinski definition) is 0. The minimum absolute atomic E-state index is 0.140. The van der Waals surface area contributed by atoms with Gasteiger partial charge in [0.2, 0.25) is 0 Å². The van der Waals surface area contributed by atoms with Crippen molar-refractivity contribution < 1.29 is 9.18 Å². The molecule has 0 saturated carbocycles. The highest BCUT2D eigenvalue weighted by Crippen LogP contribution is 2.29. The van der Waals surface area contributed by atoms with Crippen LogP contribution >= 0.6 is 11.6 Å². The molecule has 0 N–H and O–H groups in total. The van der Waals surface area contributed by atoms with Crippen LogP contribution in [0.2, 0.25) is 5.15 Å². The molecule has 27 heavy (non-hydrogen) atoms. The van der Waals surface area contributed by atoms with Crippen LogP contribution in [-0.4, -0.2) is 39.9 Å². The molecule has 0 bridgehead atoms. The van der Waals surface area contributed by atoms with Gasteiger partial charge >= 0.3 is 0 Å². The highest BCUT2D eigenvalue weighted by atomic mass is 35.5. The SMILES string of the molecule is CN1CCCC1CCn1cc(C(=O)c2ccc(F)cc2)c2ccnc(Cl)c21. The molecule has 4 nitrogen and oxygen atoms in total. The molecule has 0 radical (unpaired) electrons. The van der Waals surface area contributed by atoms with Crippen LogP contribution in [0, 0.1) is 5.82 Å². The summed E-state index contributed by atoms with van der Waals surface area (Å²) in [6, 6.07) is 7.99. The lowest BCUT2D eigenvalue weighted by Crippen LogP contribution is -2.25. The predicted molar refractivity (Wildman–Crippen MR) is 105 cm³/mol. The molecule has 1 unspecified atom stereocenters. The molecule has 1 saturated heterocycles. The predicted octanol–water partition coefficient (Wildman–Crippen LogP) is 4.54. The van der Waals surface area contributed by atoms with Crippen molar-refractivity contribution in [1.29, 1.82) is 0 Å². The molecule has 1 aromatic carbocycles. The van der Waals surface area contributed by atoms with E-state index in [0.29, 0.717) is 22.3 Å². The van der Waals surface area contributed by atoms with E-state index in [1.807, 2.05) is 16.8 Å². The highest BCUT2D eigenvalue weighted by molar-refractivity contribution is 6.34.